The first-order chi connectivity index (χ1) is 9.56. The Morgan fingerprint density at radius 2 is 2.00 bits per heavy atom. The summed E-state index contributed by atoms with van der Waals surface area (Å²) < 4.78 is 28.0. The maximum atomic E-state index is 12.2. The molecule has 102 valence electrons. The molecule has 0 bridgehead atoms. The van der Waals surface area contributed by atoms with Crippen LogP contribution in [0.5, 0.6) is 0 Å². The molecule has 0 aliphatic rings. The van der Waals surface area contributed by atoms with Gasteiger partial charge in [0.05, 0.1) is 10.7 Å². The summed E-state index contributed by atoms with van der Waals surface area (Å²) in [6.45, 7) is 0. The lowest BCUT2D eigenvalue weighted by atomic mass is 10.3. The van der Waals surface area contributed by atoms with Gasteiger partial charge in [0.1, 0.15) is 0 Å². The maximum absolute atomic E-state index is 12.2. The van der Waals surface area contributed by atoms with Crippen molar-refractivity contribution in [2.75, 3.05) is 4.72 Å². The van der Waals surface area contributed by atoms with Gasteiger partial charge in [-0.05, 0) is 18.2 Å². The van der Waals surface area contributed by atoms with E-state index in [1.807, 2.05) is 0 Å². The van der Waals surface area contributed by atoms with Crippen molar-refractivity contribution >= 4 is 33.1 Å². The van der Waals surface area contributed by atoms with E-state index in [-0.39, 0.29) is 21.6 Å². The van der Waals surface area contributed by atoms with Crippen LogP contribution in [0, 0.1) is 0 Å². The predicted molar refractivity (Wildman–Crippen MR) is 73.0 cm³/mol. The Kier molecular flexibility index (Phi) is 3.03. The number of para-hydroxylation sites is 1. The highest BCUT2D eigenvalue weighted by Crippen LogP contribution is 2.23. The van der Waals surface area contributed by atoms with Crippen LogP contribution in [0.4, 0.5) is 5.69 Å². The molecule has 2 aromatic heterocycles. The fraction of sp³-hybridized carbons (Fsp3) is 0. The molecule has 0 fully saturated rings. The largest absolute Gasteiger partial charge is 0.299 e. The zero-order valence-corrected chi connectivity index (χ0v) is 11.5. The smallest absolute Gasteiger partial charge is 0.275 e. The third-order valence-corrected chi connectivity index (χ3v) is 3.93. The van der Waals surface area contributed by atoms with Gasteiger partial charge in [-0.3, -0.25) is 4.72 Å². The summed E-state index contributed by atoms with van der Waals surface area (Å²) >= 11 is 5.91. The Hall–Kier alpha value is -2.19. The van der Waals surface area contributed by atoms with Gasteiger partial charge in [-0.15, -0.1) is 5.10 Å². The van der Waals surface area contributed by atoms with Crippen LogP contribution in [-0.4, -0.2) is 28.0 Å². The molecule has 3 aromatic rings. The van der Waals surface area contributed by atoms with Crippen molar-refractivity contribution in [3.05, 3.63) is 47.7 Å². The Labute approximate surface area is 119 Å². The average molecular weight is 310 g/mol. The molecule has 0 aliphatic carbocycles. The topological polar surface area (TPSA) is 89.2 Å². The SMILES string of the molecule is O=S(=O)(Nc1ccccc1Cl)c1nc2ncccn2n1. The van der Waals surface area contributed by atoms with E-state index in [9.17, 15) is 8.42 Å². The summed E-state index contributed by atoms with van der Waals surface area (Å²) in [6, 6.07) is 8.13. The Morgan fingerprint density at radius 3 is 2.75 bits per heavy atom. The van der Waals surface area contributed by atoms with Crippen molar-refractivity contribution in [1.82, 2.24) is 19.6 Å². The van der Waals surface area contributed by atoms with Crippen LogP contribution in [0.15, 0.2) is 47.9 Å². The number of anilines is 1. The van der Waals surface area contributed by atoms with Gasteiger partial charge in [0.2, 0.25) is 0 Å². The van der Waals surface area contributed by atoms with E-state index in [0.29, 0.717) is 0 Å². The molecule has 0 radical (unpaired) electrons. The van der Waals surface area contributed by atoms with E-state index in [1.54, 1.807) is 36.5 Å². The predicted octanol–water partition coefficient (Wildman–Crippen LogP) is 1.58. The van der Waals surface area contributed by atoms with Gasteiger partial charge in [0, 0.05) is 12.4 Å². The van der Waals surface area contributed by atoms with Gasteiger partial charge in [0.15, 0.2) is 0 Å². The number of nitrogens with one attached hydrogen (secondary N) is 1. The van der Waals surface area contributed by atoms with Crippen molar-refractivity contribution in [2.24, 2.45) is 0 Å². The number of hydrogen-bond acceptors (Lipinski definition) is 5. The Balaban J connectivity index is 2.01. The standard InChI is InChI=1S/C11H8ClN5O2S/c12-8-4-1-2-5-9(8)16-20(18,19)11-14-10-13-6-3-7-17(10)15-11/h1-7,16H. The van der Waals surface area contributed by atoms with Gasteiger partial charge in [0.25, 0.3) is 21.0 Å². The number of nitrogens with zero attached hydrogens (tertiary/aromatic N) is 4. The highest BCUT2D eigenvalue weighted by Gasteiger charge is 2.21. The third-order valence-electron chi connectivity index (χ3n) is 2.46. The molecule has 1 N–H and O–H groups in total. The lowest BCUT2D eigenvalue weighted by molar-refractivity contribution is 0.592. The number of aromatic nitrogens is 4. The van der Waals surface area contributed by atoms with Crippen molar-refractivity contribution in [3.63, 3.8) is 0 Å². The normalized spacial score (nSPS) is 11.7. The molecular formula is C11H8ClN5O2S. The summed E-state index contributed by atoms with van der Waals surface area (Å²) in [5.41, 5.74) is 0.265. The van der Waals surface area contributed by atoms with E-state index in [4.69, 9.17) is 11.6 Å². The summed E-state index contributed by atoms with van der Waals surface area (Å²) in [6.07, 6.45) is 3.06. The molecule has 7 nitrogen and oxygen atoms in total. The quantitative estimate of drug-likeness (QED) is 0.793. The lowest BCUT2D eigenvalue weighted by Crippen LogP contribution is -2.15. The second-order valence-corrected chi connectivity index (χ2v) is 5.83. The molecule has 0 atom stereocenters. The molecule has 0 saturated heterocycles. The minimum Gasteiger partial charge on any atom is -0.275 e. The Bertz CT molecular complexity index is 844. The maximum Gasteiger partial charge on any atom is 0.299 e. The number of halogens is 1. The molecule has 9 heteroatoms. The molecule has 0 spiro atoms. The molecule has 2 heterocycles. The van der Waals surface area contributed by atoms with Gasteiger partial charge >= 0.3 is 0 Å². The van der Waals surface area contributed by atoms with Crippen LogP contribution in [0.2, 0.25) is 5.02 Å². The second-order valence-electron chi connectivity index (χ2n) is 3.84. The van der Waals surface area contributed by atoms with E-state index < -0.39 is 10.0 Å². The van der Waals surface area contributed by atoms with Gasteiger partial charge < -0.3 is 0 Å². The van der Waals surface area contributed by atoms with Crippen LogP contribution in [0.25, 0.3) is 5.78 Å². The number of sulfonamides is 1. The number of fused-ring (bicyclic) bond motifs is 1. The van der Waals surface area contributed by atoms with Gasteiger partial charge in [-0.2, -0.15) is 13.4 Å². The summed E-state index contributed by atoms with van der Waals surface area (Å²) in [4.78, 5) is 7.77. The first kappa shape index (κ1) is 12.8. The average Bonchev–Trinajstić information content (AvgIpc) is 2.86. The monoisotopic (exact) mass is 309 g/mol. The summed E-state index contributed by atoms with van der Waals surface area (Å²) in [7, 11) is -3.92. The zero-order valence-electron chi connectivity index (χ0n) is 9.93. The van der Waals surface area contributed by atoms with E-state index in [0.717, 1.165) is 0 Å². The Morgan fingerprint density at radius 1 is 1.20 bits per heavy atom. The minimum atomic E-state index is -3.92. The fourth-order valence-electron chi connectivity index (χ4n) is 1.56. The van der Waals surface area contributed by atoms with Crippen LogP contribution >= 0.6 is 11.6 Å². The fourth-order valence-corrected chi connectivity index (χ4v) is 2.76. The van der Waals surface area contributed by atoms with Crippen LogP contribution < -0.4 is 4.72 Å². The number of benzene rings is 1. The zero-order chi connectivity index (χ0) is 14.2. The number of rotatable bonds is 3. The van der Waals surface area contributed by atoms with E-state index in [1.165, 1.54) is 10.7 Å². The molecule has 0 amide bonds. The molecule has 3 rings (SSSR count). The van der Waals surface area contributed by atoms with Crippen LogP contribution in [-0.2, 0) is 10.0 Å². The molecule has 1 aromatic carbocycles. The summed E-state index contributed by atoms with van der Waals surface area (Å²) in [5.74, 6) is 0.201. The first-order valence-electron chi connectivity index (χ1n) is 5.51. The van der Waals surface area contributed by atoms with Crippen LogP contribution in [0.1, 0.15) is 0 Å². The van der Waals surface area contributed by atoms with Crippen molar-refractivity contribution in [1.29, 1.82) is 0 Å². The highest BCUT2D eigenvalue weighted by atomic mass is 35.5. The van der Waals surface area contributed by atoms with E-state index >= 15 is 0 Å². The van der Waals surface area contributed by atoms with Crippen molar-refractivity contribution in [2.45, 2.75) is 5.16 Å². The van der Waals surface area contributed by atoms with Crippen LogP contribution in [0.3, 0.4) is 0 Å². The van der Waals surface area contributed by atoms with Gasteiger partial charge in [-0.25, -0.2) is 9.50 Å². The van der Waals surface area contributed by atoms with Crippen molar-refractivity contribution in [3.8, 4) is 0 Å². The lowest BCUT2D eigenvalue weighted by Gasteiger charge is -2.05. The molecule has 20 heavy (non-hydrogen) atoms. The minimum absolute atomic E-state index is 0.201. The highest BCUT2D eigenvalue weighted by molar-refractivity contribution is 7.92. The second kappa shape index (κ2) is 4.73. The molecule has 0 saturated carbocycles. The van der Waals surface area contributed by atoms with Gasteiger partial charge in [-0.1, -0.05) is 23.7 Å². The molecular weight excluding hydrogens is 302 g/mol. The van der Waals surface area contributed by atoms with E-state index in [2.05, 4.69) is 19.8 Å². The first-order valence-corrected chi connectivity index (χ1v) is 7.37. The molecule has 0 aliphatic heterocycles. The summed E-state index contributed by atoms with van der Waals surface area (Å²) in [5, 5.41) is 3.78. The number of hydrogen-bond donors (Lipinski definition) is 1. The van der Waals surface area contributed by atoms with Crippen molar-refractivity contribution < 1.29 is 8.42 Å². The third kappa shape index (κ3) is 2.30. The molecule has 0 unspecified atom stereocenters.